The maximum absolute atomic E-state index is 13.0. The molecule has 9 nitrogen and oxygen atoms in total. The number of nitrogens with zero attached hydrogens (tertiary/aromatic N) is 5. The summed E-state index contributed by atoms with van der Waals surface area (Å²) in [5.41, 5.74) is -0.1000. The third kappa shape index (κ3) is 4.14. The molecule has 2 aliphatic heterocycles. The Labute approximate surface area is 163 Å². The Kier molecular flexibility index (Phi) is 5.32. The van der Waals surface area contributed by atoms with Crippen LogP contribution >= 0.6 is 0 Å². The average molecular weight is 415 g/mol. The molecule has 2 aromatic rings. The number of aromatic hydroxyl groups is 1. The van der Waals surface area contributed by atoms with Gasteiger partial charge in [0.15, 0.2) is 0 Å². The van der Waals surface area contributed by atoms with Gasteiger partial charge in [-0.1, -0.05) is 0 Å². The molecule has 0 bridgehead atoms. The summed E-state index contributed by atoms with van der Waals surface area (Å²) in [6.45, 7) is 3.42. The van der Waals surface area contributed by atoms with E-state index in [-0.39, 0.29) is 43.3 Å². The molecule has 2 aromatic heterocycles. The standard InChI is InChI=1S/C17H20F3N5O4/c18-17(19,20)16-22-21-13-9-24(1-2-25(13)16)8-12-14(26)11(10-29-15(12)27)7-23-3-5-28-6-4-23/h10,26H,1-9H2. The number of alkyl halides is 3. The molecule has 0 amide bonds. The summed E-state index contributed by atoms with van der Waals surface area (Å²) >= 11 is 0. The van der Waals surface area contributed by atoms with E-state index < -0.39 is 17.6 Å². The van der Waals surface area contributed by atoms with Gasteiger partial charge in [-0.05, 0) is 0 Å². The van der Waals surface area contributed by atoms with Crippen LogP contribution in [0.4, 0.5) is 13.2 Å². The fourth-order valence-electron chi connectivity index (χ4n) is 3.57. The normalized spacial score (nSPS) is 18.7. The molecule has 0 atom stereocenters. The van der Waals surface area contributed by atoms with Gasteiger partial charge in [0.25, 0.3) is 0 Å². The molecule has 2 aliphatic rings. The number of halogens is 3. The number of hydrogen-bond acceptors (Lipinski definition) is 8. The van der Waals surface area contributed by atoms with E-state index in [0.29, 0.717) is 38.4 Å². The monoisotopic (exact) mass is 415 g/mol. The van der Waals surface area contributed by atoms with E-state index in [1.807, 2.05) is 0 Å². The maximum Gasteiger partial charge on any atom is 0.451 e. The van der Waals surface area contributed by atoms with Gasteiger partial charge in [-0.25, -0.2) is 4.79 Å². The van der Waals surface area contributed by atoms with E-state index in [0.717, 1.165) is 4.57 Å². The molecule has 0 spiro atoms. The van der Waals surface area contributed by atoms with Crippen molar-refractivity contribution in [3.05, 3.63) is 39.5 Å². The first-order valence-corrected chi connectivity index (χ1v) is 9.17. The molecule has 1 saturated heterocycles. The highest BCUT2D eigenvalue weighted by Crippen LogP contribution is 2.30. The first-order valence-electron chi connectivity index (χ1n) is 9.17. The molecule has 0 saturated carbocycles. The van der Waals surface area contributed by atoms with Gasteiger partial charge in [0.05, 0.1) is 25.3 Å². The van der Waals surface area contributed by atoms with Crippen LogP contribution in [0.2, 0.25) is 0 Å². The molecule has 0 aromatic carbocycles. The van der Waals surface area contributed by atoms with Crippen molar-refractivity contribution in [2.45, 2.75) is 32.4 Å². The Bertz CT molecular complexity index is 936. The second-order valence-electron chi connectivity index (χ2n) is 7.06. The van der Waals surface area contributed by atoms with Crippen molar-refractivity contribution >= 4 is 0 Å². The number of aromatic nitrogens is 3. The minimum Gasteiger partial charge on any atom is -0.507 e. The smallest absolute Gasteiger partial charge is 0.451 e. The van der Waals surface area contributed by atoms with Crippen molar-refractivity contribution in [3.8, 4) is 5.75 Å². The minimum absolute atomic E-state index is 0.0384. The van der Waals surface area contributed by atoms with Gasteiger partial charge in [0.1, 0.15) is 17.8 Å². The number of rotatable bonds is 4. The predicted molar refractivity (Wildman–Crippen MR) is 91.9 cm³/mol. The Morgan fingerprint density at radius 3 is 2.55 bits per heavy atom. The molecule has 0 unspecified atom stereocenters. The highest BCUT2D eigenvalue weighted by atomic mass is 19.4. The lowest BCUT2D eigenvalue weighted by Crippen LogP contribution is -2.37. The first-order chi connectivity index (χ1) is 13.8. The maximum atomic E-state index is 13.0. The highest BCUT2D eigenvalue weighted by molar-refractivity contribution is 5.36. The van der Waals surface area contributed by atoms with Crippen LogP contribution in [0.5, 0.6) is 5.75 Å². The SMILES string of the molecule is O=c1occ(CN2CCOCC2)c(O)c1CN1CCn2c(nnc2C(F)(F)F)C1. The van der Waals surface area contributed by atoms with Crippen molar-refractivity contribution in [3.63, 3.8) is 0 Å². The van der Waals surface area contributed by atoms with Gasteiger partial charge in [0, 0.05) is 44.8 Å². The molecule has 1 N–H and O–H groups in total. The molecule has 0 radical (unpaired) electrons. The lowest BCUT2D eigenvalue weighted by Gasteiger charge is -2.28. The van der Waals surface area contributed by atoms with Gasteiger partial charge in [-0.3, -0.25) is 9.80 Å². The minimum atomic E-state index is -4.57. The molecule has 12 heteroatoms. The third-order valence-corrected chi connectivity index (χ3v) is 5.11. The van der Waals surface area contributed by atoms with Crippen LogP contribution in [0.1, 0.15) is 22.8 Å². The van der Waals surface area contributed by atoms with Crippen LogP contribution in [-0.2, 0) is 37.1 Å². The van der Waals surface area contributed by atoms with Gasteiger partial charge >= 0.3 is 11.8 Å². The van der Waals surface area contributed by atoms with E-state index in [1.54, 1.807) is 4.90 Å². The lowest BCUT2D eigenvalue weighted by molar-refractivity contribution is -0.148. The fraction of sp³-hybridized carbons (Fsp3) is 0.588. The Hall–Kier alpha value is -2.44. The van der Waals surface area contributed by atoms with Crippen molar-refractivity contribution in [2.75, 3.05) is 32.8 Å². The Balaban J connectivity index is 1.50. The van der Waals surface area contributed by atoms with E-state index in [1.165, 1.54) is 6.26 Å². The molecule has 158 valence electrons. The van der Waals surface area contributed by atoms with Crippen LogP contribution in [-0.4, -0.2) is 62.5 Å². The second kappa shape index (κ2) is 7.76. The summed E-state index contributed by atoms with van der Waals surface area (Å²) in [4.78, 5) is 16.0. The third-order valence-electron chi connectivity index (χ3n) is 5.11. The van der Waals surface area contributed by atoms with Crippen molar-refractivity contribution < 1.29 is 27.4 Å². The van der Waals surface area contributed by atoms with Crippen LogP contribution < -0.4 is 5.63 Å². The van der Waals surface area contributed by atoms with E-state index in [4.69, 9.17) is 9.15 Å². The van der Waals surface area contributed by atoms with E-state index in [9.17, 15) is 23.1 Å². The summed E-state index contributed by atoms with van der Waals surface area (Å²) in [6.07, 6.45) is -3.32. The summed E-state index contributed by atoms with van der Waals surface area (Å²) in [6, 6.07) is 0. The first kappa shape index (κ1) is 19.9. The fourth-order valence-corrected chi connectivity index (χ4v) is 3.57. The summed E-state index contributed by atoms with van der Waals surface area (Å²) in [5.74, 6) is -1.00. The molecule has 4 heterocycles. The average Bonchev–Trinajstić information content (AvgIpc) is 3.12. The zero-order valence-corrected chi connectivity index (χ0v) is 15.5. The summed E-state index contributed by atoms with van der Waals surface area (Å²) < 4.78 is 50.3. The van der Waals surface area contributed by atoms with E-state index >= 15 is 0 Å². The lowest BCUT2D eigenvalue weighted by atomic mass is 10.1. The topological polar surface area (TPSA) is 96.9 Å². The van der Waals surface area contributed by atoms with E-state index in [2.05, 4.69) is 15.1 Å². The largest absolute Gasteiger partial charge is 0.507 e. The number of ether oxygens (including phenoxy) is 1. The molecule has 1 fully saturated rings. The summed E-state index contributed by atoms with van der Waals surface area (Å²) in [7, 11) is 0. The number of morpholine rings is 1. The Morgan fingerprint density at radius 2 is 1.83 bits per heavy atom. The molecule has 0 aliphatic carbocycles. The molecule has 4 rings (SSSR count). The Morgan fingerprint density at radius 1 is 1.07 bits per heavy atom. The van der Waals surface area contributed by atoms with Crippen molar-refractivity contribution in [2.24, 2.45) is 0 Å². The van der Waals surface area contributed by atoms with Crippen molar-refractivity contribution in [1.82, 2.24) is 24.6 Å². The molecule has 29 heavy (non-hydrogen) atoms. The second-order valence-corrected chi connectivity index (χ2v) is 7.06. The van der Waals surface area contributed by atoms with Gasteiger partial charge in [-0.15, -0.1) is 10.2 Å². The highest BCUT2D eigenvalue weighted by Gasteiger charge is 2.39. The zero-order chi connectivity index (χ0) is 20.6. The van der Waals surface area contributed by atoms with Crippen LogP contribution in [0.25, 0.3) is 0 Å². The number of hydrogen-bond donors (Lipinski definition) is 1. The van der Waals surface area contributed by atoms with Crippen LogP contribution in [0.3, 0.4) is 0 Å². The summed E-state index contributed by atoms with van der Waals surface area (Å²) in [5, 5.41) is 17.5. The van der Waals surface area contributed by atoms with Crippen molar-refractivity contribution in [1.29, 1.82) is 0 Å². The van der Waals surface area contributed by atoms with Gasteiger partial charge < -0.3 is 18.8 Å². The number of fused-ring (bicyclic) bond motifs is 1. The van der Waals surface area contributed by atoms with Crippen LogP contribution in [0.15, 0.2) is 15.5 Å². The molecular weight excluding hydrogens is 395 g/mol. The zero-order valence-electron chi connectivity index (χ0n) is 15.5. The van der Waals surface area contributed by atoms with Crippen LogP contribution in [0, 0.1) is 0 Å². The van der Waals surface area contributed by atoms with Gasteiger partial charge in [-0.2, -0.15) is 13.2 Å². The predicted octanol–water partition coefficient (Wildman–Crippen LogP) is 0.804. The molecular formula is C17H20F3N5O4. The van der Waals surface area contributed by atoms with Gasteiger partial charge in [0.2, 0.25) is 5.82 Å². The quantitative estimate of drug-likeness (QED) is 0.784.